The van der Waals surface area contributed by atoms with Crippen LogP contribution in [0.4, 0.5) is 5.82 Å². The summed E-state index contributed by atoms with van der Waals surface area (Å²) in [5.74, 6) is 0.825. The van der Waals surface area contributed by atoms with Gasteiger partial charge in [-0.25, -0.2) is 0 Å². The van der Waals surface area contributed by atoms with Crippen LogP contribution in [0, 0.1) is 4.77 Å². The van der Waals surface area contributed by atoms with Gasteiger partial charge >= 0.3 is 0 Å². The first-order chi connectivity index (χ1) is 11.5. The maximum Gasteiger partial charge on any atom is 0.257 e. The van der Waals surface area contributed by atoms with Gasteiger partial charge in [-0.1, -0.05) is 12.1 Å². The molecule has 1 aliphatic rings. The van der Waals surface area contributed by atoms with Crippen molar-refractivity contribution in [3.63, 3.8) is 0 Å². The minimum Gasteiger partial charge on any atom is -0.493 e. The molecule has 1 amide bonds. The van der Waals surface area contributed by atoms with E-state index < -0.39 is 5.92 Å². The Balaban J connectivity index is 2.30. The van der Waals surface area contributed by atoms with Gasteiger partial charge in [0, 0.05) is 24.9 Å². The Morgan fingerprint density at radius 3 is 2.67 bits per heavy atom. The SMILES string of the molecule is COc1cccc(C2CC(=O)Nc3c2c(=O)[nH]c(=S)n3C)c1OC. The van der Waals surface area contributed by atoms with Gasteiger partial charge < -0.3 is 19.4 Å². The summed E-state index contributed by atoms with van der Waals surface area (Å²) in [5, 5.41) is 2.74. The van der Waals surface area contributed by atoms with Crippen molar-refractivity contribution in [2.45, 2.75) is 12.3 Å². The number of methoxy groups -OCH3 is 2. The number of ether oxygens (including phenoxy) is 2. The van der Waals surface area contributed by atoms with E-state index in [2.05, 4.69) is 10.3 Å². The molecule has 24 heavy (non-hydrogen) atoms. The number of aromatic amines is 1. The van der Waals surface area contributed by atoms with Crippen molar-refractivity contribution in [1.29, 1.82) is 0 Å². The maximum absolute atomic E-state index is 12.5. The van der Waals surface area contributed by atoms with Crippen molar-refractivity contribution in [3.8, 4) is 11.5 Å². The summed E-state index contributed by atoms with van der Waals surface area (Å²) in [4.78, 5) is 27.4. The minimum absolute atomic E-state index is 0.135. The van der Waals surface area contributed by atoms with Crippen LogP contribution in [0.25, 0.3) is 0 Å². The number of benzene rings is 1. The Bertz CT molecular complexity index is 932. The number of aromatic nitrogens is 2. The summed E-state index contributed by atoms with van der Waals surface area (Å²) in [7, 11) is 4.77. The first kappa shape index (κ1) is 16.3. The van der Waals surface area contributed by atoms with Crippen LogP contribution in [0.5, 0.6) is 11.5 Å². The van der Waals surface area contributed by atoms with Crippen molar-refractivity contribution in [2.24, 2.45) is 7.05 Å². The van der Waals surface area contributed by atoms with Crippen LogP contribution in [-0.4, -0.2) is 29.7 Å². The van der Waals surface area contributed by atoms with E-state index in [1.165, 1.54) is 7.11 Å². The van der Waals surface area contributed by atoms with Gasteiger partial charge in [0.05, 0.1) is 19.8 Å². The molecule has 2 aromatic rings. The molecular weight excluding hydrogens is 330 g/mol. The molecule has 0 spiro atoms. The molecule has 0 aliphatic carbocycles. The zero-order valence-electron chi connectivity index (χ0n) is 13.5. The summed E-state index contributed by atoms with van der Waals surface area (Å²) in [6.07, 6.45) is 0.135. The third-order valence-corrected chi connectivity index (χ3v) is 4.54. The smallest absolute Gasteiger partial charge is 0.257 e. The molecule has 0 fully saturated rings. The Hall–Kier alpha value is -2.61. The molecule has 126 valence electrons. The van der Waals surface area contributed by atoms with Crippen molar-refractivity contribution >= 4 is 23.9 Å². The molecule has 1 atom stereocenters. The number of hydrogen-bond donors (Lipinski definition) is 2. The van der Waals surface area contributed by atoms with Crippen LogP contribution >= 0.6 is 12.2 Å². The molecule has 8 heteroatoms. The number of fused-ring (bicyclic) bond motifs is 1. The fourth-order valence-corrected chi connectivity index (χ4v) is 3.22. The fourth-order valence-electron chi connectivity index (χ4n) is 3.03. The van der Waals surface area contributed by atoms with Crippen LogP contribution < -0.4 is 20.3 Å². The normalized spacial score (nSPS) is 16.3. The number of para-hydroxylation sites is 1. The predicted molar refractivity (Wildman–Crippen MR) is 91.5 cm³/mol. The molecule has 2 N–H and O–H groups in total. The van der Waals surface area contributed by atoms with Crippen molar-refractivity contribution in [3.05, 3.63) is 44.5 Å². The van der Waals surface area contributed by atoms with Crippen LogP contribution in [0.15, 0.2) is 23.0 Å². The van der Waals surface area contributed by atoms with E-state index in [0.29, 0.717) is 22.9 Å². The monoisotopic (exact) mass is 347 g/mol. The van der Waals surface area contributed by atoms with Crippen molar-refractivity contribution in [2.75, 3.05) is 19.5 Å². The van der Waals surface area contributed by atoms with Gasteiger partial charge in [0.1, 0.15) is 5.82 Å². The summed E-state index contributed by atoms with van der Waals surface area (Å²) in [6, 6.07) is 5.40. The number of H-pyrrole nitrogens is 1. The number of rotatable bonds is 3. The van der Waals surface area contributed by atoms with Gasteiger partial charge in [0.25, 0.3) is 5.56 Å². The maximum atomic E-state index is 12.5. The summed E-state index contributed by atoms with van der Waals surface area (Å²) in [6.45, 7) is 0. The quantitative estimate of drug-likeness (QED) is 0.829. The van der Waals surface area contributed by atoms with E-state index in [4.69, 9.17) is 21.7 Å². The number of amides is 1. The summed E-state index contributed by atoms with van der Waals surface area (Å²) < 4.78 is 12.6. The average Bonchev–Trinajstić information content (AvgIpc) is 2.58. The zero-order valence-corrected chi connectivity index (χ0v) is 14.3. The molecular formula is C16H17N3O4S. The molecule has 0 bridgehead atoms. The van der Waals surface area contributed by atoms with Gasteiger partial charge in [-0.2, -0.15) is 0 Å². The molecule has 0 saturated heterocycles. The van der Waals surface area contributed by atoms with E-state index >= 15 is 0 Å². The highest BCUT2D eigenvalue weighted by molar-refractivity contribution is 7.71. The first-order valence-electron chi connectivity index (χ1n) is 7.31. The number of hydrogen-bond acceptors (Lipinski definition) is 5. The van der Waals surface area contributed by atoms with Crippen molar-refractivity contribution < 1.29 is 14.3 Å². The lowest BCUT2D eigenvalue weighted by Gasteiger charge is -2.28. The molecule has 2 heterocycles. The fraction of sp³-hybridized carbons (Fsp3) is 0.312. The van der Waals surface area contributed by atoms with Crippen molar-refractivity contribution in [1.82, 2.24) is 9.55 Å². The van der Waals surface area contributed by atoms with E-state index in [0.717, 1.165) is 5.56 Å². The number of nitrogens with zero attached hydrogens (tertiary/aromatic N) is 1. The second kappa shape index (κ2) is 6.12. The van der Waals surface area contributed by atoms with Crippen LogP contribution in [0.2, 0.25) is 0 Å². The zero-order chi connectivity index (χ0) is 17.4. The highest BCUT2D eigenvalue weighted by atomic mass is 32.1. The Labute approximate surface area is 143 Å². The number of carbonyl (C=O) groups is 1. The van der Waals surface area contributed by atoms with E-state index in [1.54, 1.807) is 30.9 Å². The molecule has 1 aromatic carbocycles. The lowest BCUT2D eigenvalue weighted by molar-refractivity contribution is -0.116. The number of nitrogens with one attached hydrogen (secondary N) is 2. The van der Waals surface area contributed by atoms with E-state index in [-0.39, 0.29) is 22.7 Å². The first-order valence-corrected chi connectivity index (χ1v) is 7.72. The van der Waals surface area contributed by atoms with E-state index in [9.17, 15) is 9.59 Å². The number of anilines is 1. The van der Waals surface area contributed by atoms with Gasteiger partial charge in [-0.05, 0) is 18.3 Å². The molecule has 0 radical (unpaired) electrons. The topological polar surface area (TPSA) is 85.4 Å². The van der Waals surface area contributed by atoms with Crippen LogP contribution in [-0.2, 0) is 11.8 Å². The largest absolute Gasteiger partial charge is 0.493 e. The summed E-state index contributed by atoms with van der Waals surface area (Å²) >= 11 is 5.12. The lowest BCUT2D eigenvalue weighted by Crippen LogP contribution is -2.33. The Morgan fingerprint density at radius 2 is 2.00 bits per heavy atom. The van der Waals surface area contributed by atoms with E-state index in [1.807, 2.05) is 6.07 Å². The molecule has 1 aliphatic heterocycles. The van der Waals surface area contributed by atoms with Gasteiger partial charge in [-0.15, -0.1) is 0 Å². The van der Waals surface area contributed by atoms with Gasteiger partial charge in [-0.3, -0.25) is 14.6 Å². The molecule has 0 saturated carbocycles. The third-order valence-electron chi connectivity index (χ3n) is 4.16. The van der Waals surface area contributed by atoms with Crippen LogP contribution in [0.1, 0.15) is 23.5 Å². The van der Waals surface area contributed by atoms with Gasteiger partial charge in [0.15, 0.2) is 16.3 Å². The predicted octanol–water partition coefficient (Wildman–Crippen LogP) is 1.93. The molecule has 3 rings (SSSR count). The molecule has 1 aromatic heterocycles. The second-order valence-electron chi connectivity index (χ2n) is 5.47. The van der Waals surface area contributed by atoms with Gasteiger partial charge in [0.2, 0.25) is 5.91 Å². The summed E-state index contributed by atoms with van der Waals surface area (Å²) in [5.41, 5.74) is 0.857. The number of carbonyl (C=O) groups excluding carboxylic acids is 1. The minimum atomic E-state index is -0.454. The standard InChI is InChI=1S/C16H17N3O4S/c1-19-14-12(15(21)18-16(19)24)9(7-11(20)17-14)8-5-4-6-10(22-2)13(8)23-3/h4-6,9H,7H2,1-3H3,(H,17,20)(H,18,21,24). The lowest BCUT2D eigenvalue weighted by atomic mass is 9.86. The highest BCUT2D eigenvalue weighted by Gasteiger charge is 2.33. The molecule has 1 unspecified atom stereocenters. The second-order valence-corrected chi connectivity index (χ2v) is 5.85. The third kappa shape index (κ3) is 2.48. The van der Waals surface area contributed by atoms with Crippen LogP contribution in [0.3, 0.4) is 0 Å². The average molecular weight is 347 g/mol. The molecule has 7 nitrogen and oxygen atoms in total. The highest BCUT2D eigenvalue weighted by Crippen LogP contribution is 2.42. The Morgan fingerprint density at radius 1 is 1.25 bits per heavy atom. The Kier molecular flexibility index (Phi) is 4.15.